The molecule has 0 radical (unpaired) electrons. The molecule has 0 spiro atoms. The van der Waals surface area contributed by atoms with Crippen LogP contribution in [0, 0.1) is 19.8 Å². The summed E-state index contributed by atoms with van der Waals surface area (Å²) in [6, 6.07) is 17.2. The summed E-state index contributed by atoms with van der Waals surface area (Å²) >= 11 is 0. The average Bonchev–Trinajstić information content (AvgIpc) is 2.77. The van der Waals surface area contributed by atoms with E-state index in [0.717, 1.165) is 58.7 Å². The van der Waals surface area contributed by atoms with Crippen molar-refractivity contribution in [1.29, 1.82) is 0 Å². The van der Waals surface area contributed by atoms with E-state index in [9.17, 15) is 4.79 Å². The van der Waals surface area contributed by atoms with Gasteiger partial charge < -0.3 is 9.80 Å². The molecule has 0 saturated carbocycles. The van der Waals surface area contributed by atoms with E-state index in [2.05, 4.69) is 77.1 Å². The van der Waals surface area contributed by atoms with Crippen LogP contribution >= 0.6 is 0 Å². The van der Waals surface area contributed by atoms with E-state index in [1.807, 2.05) is 0 Å². The zero-order chi connectivity index (χ0) is 20.2. The van der Waals surface area contributed by atoms with Crippen LogP contribution in [-0.2, 0) is 11.3 Å². The average molecular weight is 392 g/mol. The number of anilines is 1. The predicted molar refractivity (Wildman–Crippen MR) is 119 cm³/mol. The minimum absolute atomic E-state index is 0.203. The molecule has 29 heavy (non-hydrogen) atoms. The number of benzene rings is 2. The summed E-state index contributed by atoms with van der Waals surface area (Å²) in [6.45, 7) is 11.0. The van der Waals surface area contributed by atoms with Crippen LogP contribution < -0.4 is 4.90 Å². The highest BCUT2D eigenvalue weighted by molar-refractivity contribution is 5.79. The van der Waals surface area contributed by atoms with Gasteiger partial charge in [-0.3, -0.25) is 9.69 Å². The lowest BCUT2D eigenvalue weighted by Crippen LogP contribution is -2.51. The Hall–Kier alpha value is -2.33. The molecule has 2 fully saturated rings. The second kappa shape index (κ2) is 9.00. The third kappa shape index (κ3) is 4.64. The van der Waals surface area contributed by atoms with Gasteiger partial charge in [-0.05, 0) is 62.5 Å². The summed E-state index contributed by atoms with van der Waals surface area (Å²) in [4.78, 5) is 20.1. The lowest BCUT2D eigenvalue weighted by Gasteiger charge is -2.40. The highest BCUT2D eigenvalue weighted by Crippen LogP contribution is 2.26. The second-order valence-corrected chi connectivity index (χ2v) is 8.57. The molecule has 0 bridgehead atoms. The maximum absolute atomic E-state index is 13.1. The van der Waals surface area contributed by atoms with Crippen LogP contribution in [0.3, 0.4) is 0 Å². The summed E-state index contributed by atoms with van der Waals surface area (Å²) in [5, 5.41) is 0. The quantitative estimate of drug-likeness (QED) is 0.792. The van der Waals surface area contributed by atoms with Crippen LogP contribution in [0.5, 0.6) is 0 Å². The predicted octanol–water partition coefficient (Wildman–Crippen LogP) is 3.86. The first kappa shape index (κ1) is 20.0. The molecule has 2 aliphatic rings. The monoisotopic (exact) mass is 391 g/mol. The van der Waals surface area contributed by atoms with Gasteiger partial charge in [0, 0.05) is 44.3 Å². The molecule has 0 atom stereocenters. The minimum Gasteiger partial charge on any atom is -0.368 e. The Morgan fingerprint density at radius 2 is 1.55 bits per heavy atom. The zero-order valence-electron chi connectivity index (χ0n) is 17.8. The largest absolute Gasteiger partial charge is 0.368 e. The SMILES string of the molecule is Cc1cccc(N2CCN(C(=O)C3CCN(Cc4ccccc4)CC3)CC2)c1C. The highest BCUT2D eigenvalue weighted by atomic mass is 16.2. The molecule has 2 saturated heterocycles. The standard InChI is InChI=1S/C25H33N3O/c1-20-7-6-10-24(21(20)2)27-15-17-28(18-16-27)25(29)23-11-13-26(14-12-23)19-22-8-4-3-5-9-22/h3-10,23H,11-19H2,1-2H3. The Kier molecular flexibility index (Phi) is 6.19. The van der Waals surface area contributed by atoms with E-state index >= 15 is 0 Å². The molecule has 4 heteroatoms. The van der Waals surface area contributed by atoms with Crippen LogP contribution in [0.4, 0.5) is 5.69 Å². The van der Waals surface area contributed by atoms with Gasteiger partial charge in [0.1, 0.15) is 0 Å². The Balaban J connectivity index is 1.26. The second-order valence-electron chi connectivity index (χ2n) is 8.57. The summed E-state index contributed by atoms with van der Waals surface area (Å²) in [5.41, 5.74) is 5.38. The van der Waals surface area contributed by atoms with Gasteiger partial charge in [-0.1, -0.05) is 42.5 Å². The molecule has 0 aromatic heterocycles. The molecule has 2 aromatic carbocycles. The number of carbonyl (C=O) groups is 1. The summed E-state index contributed by atoms with van der Waals surface area (Å²) in [5.74, 6) is 0.583. The van der Waals surface area contributed by atoms with Crippen molar-refractivity contribution in [3.63, 3.8) is 0 Å². The molecule has 0 aliphatic carbocycles. The number of carbonyl (C=O) groups excluding carboxylic acids is 1. The van der Waals surface area contributed by atoms with Gasteiger partial charge in [0.2, 0.25) is 5.91 Å². The number of piperidine rings is 1. The van der Waals surface area contributed by atoms with Gasteiger partial charge in [-0.25, -0.2) is 0 Å². The van der Waals surface area contributed by atoms with E-state index in [0.29, 0.717) is 5.91 Å². The summed E-state index contributed by atoms with van der Waals surface area (Å²) in [6.07, 6.45) is 1.98. The summed E-state index contributed by atoms with van der Waals surface area (Å²) < 4.78 is 0. The van der Waals surface area contributed by atoms with Crippen molar-refractivity contribution in [3.05, 3.63) is 65.2 Å². The molecular weight excluding hydrogens is 358 g/mol. The van der Waals surface area contributed by atoms with Gasteiger partial charge in [-0.15, -0.1) is 0 Å². The molecule has 4 nitrogen and oxygen atoms in total. The molecule has 1 amide bonds. The normalized spacial score (nSPS) is 18.8. The van der Waals surface area contributed by atoms with E-state index in [1.54, 1.807) is 0 Å². The number of piperazine rings is 1. The lowest BCUT2D eigenvalue weighted by molar-refractivity contribution is -0.137. The van der Waals surface area contributed by atoms with Crippen LogP contribution in [0.2, 0.25) is 0 Å². The van der Waals surface area contributed by atoms with Gasteiger partial charge in [0.15, 0.2) is 0 Å². The van der Waals surface area contributed by atoms with Crippen LogP contribution in [-0.4, -0.2) is 55.0 Å². The molecule has 2 heterocycles. The van der Waals surface area contributed by atoms with Crippen LogP contribution in [0.25, 0.3) is 0 Å². The Bertz CT molecular complexity index is 819. The van der Waals surface area contributed by atoms with Gasteiger partial charge in [0.25, 0.3) is 0 Å². The lowest BCUT2D eigenvalue weighted by atomic mass is 9.94. The fraction of sp³-hybridized carbons (Fsp3) is 0.480. The fourth-order valence-corrected chi connectivity index (χ4v) is 4.68. The smallest absolute Gasteiger partial charge is 0.225 e. The van der Waals surface area contributed by atoms with Crippen molar-refractivity contribution in [3.8, 4) is 0 Å². The number of nitrogens with zero attached hydrogens (tertiary/aromatic N) is 3. The first-order valence-corrected chi connectivity index (χ1v) is 11.0. The van der Waals surface area contributed by atoms with Gasteiger partial charge in [-0.2, -0.15) is 0 Å². The Morgan fingerprint density at radius 3 is 2.24 bits per heavy atom. The summed E-state index contributed by atoms with van der Waals surface area (Å²) in [7, 11) is 0. The zero-order valence-corrected chi connectivity index (χ0v) is 17.8. The first-order valence-electron chi connectivity index (χ1n) is 11.0. The first-order chi connectivity index (χ1) is 14.1. The van der Waals surface area contributed by atoms with E-state index in [-0.39, 0.29) is 5.92 Å². The van der Waals surface area contributed by atoms with Crippen molar-refractivity contribution < 1.29 is 4.79 Å². The van der Waals surface area contributed by atoms with E-state index in [1.165, 1.54) is 22.4 Å². The molecule has 0 unspecified atom stereocenters. The van der Waals surface area contributed by atoms with Crippen molar-refractivity contribution in [2.24, 2.45) is 5.92 Å². The third-order valence-electron chi connectivity index (χ3n) is 6.69. The number of rotatable bonds is 4. The Labute approximate surface area is 175 Å². The molecule has 2 aromatic rings. The van der Waals surface area contributed by atoms with Crippen molar-refractivity contribution in [1.82, 2.24) is 9.80 Å². The van der Waals surface area contributed by atoms with Crippen LogP contribution in [0.15, 0.2) is 48.5 Å². The van der Waals surface area contributed by atoms with Crippen LogP contribution in [0.1, 0.15) is 29.5 Å². The molecule has 154 valence electrons. The molecule has 0 N–H and O–H groups in total. The minimum atomic E-state index is 0.203. The van der Waals surface area contributed by atoms with Crippen molar-refractivity contribution >= 4 is 11.6 Å². The number of amides is 1. The number of hydrogen-bond acceptors (Lipinski definition) is 3. The van der Waals surface area contributed by atoms with E-state index in [4.69, 9.17) is 0 Å². The maximum atomic E-state index is 13.1. The molecular formula is C25H33N3O. The van der Waals surface area contributed by atoms with Crippen molar-refractivity contribution in [2.45, 2.75) is 33.2 Å². The van der Waals surface area contributed by atoms with Gasteiger partial charge >= 0.3 is 0 Å². The topological polar surface area (TPSA) is 26.8 Å². The Morgan fingerprint density at radius 1 is 0.862 bits per heavy atom. The van der Waals surface area contributed by atoms with Crippen molar-refractivity contribution in [2.75, 3.05) is 44.2 Å². The number of likely N-dealkylation sites (tertiary alicyclic amines) is 1. The highest BCUT2D eigenvalue weighted by Gasteiger charge is 2.30. The van der Waals surface area contributed by atoms with E-state index < -0.39 is 0 Å². The number of aryl methyl sites for hydroxylation is 1. The molecule has 4 rings (SSSR count). The molecule has 2 aliphatic heterocycles. The maximum Gasteiger partial charge on any atom is 0.225 e. The fourth-order valence-electron chi connectivity index (χ4n) is 4.68. The third-order valence-corrected chi connectivity index (χ3v) is 6.69. The van der Waals surface area contributed by atoms with Gasteiger partial charge in [0.05, 0.1) is 0 Å². The number of hydrogen-bond donors (Lipinski definition) is 0.